The maximum Gasteiger partial charge on any atom is 0.106 e. The summed E-state index contributed by atoms with van der Waals surface area (Å²) < 4.78 is 0. The van der Waals surface area contributed by atoms with E-state index in [-0.39, 0.29) is 0 Å². The Balaban J connectivity index is 1.83. The van der Waals surface area contributed by atoms with Crippen LogP contribution in [-0.2, 0) is 11.3 Å². The Morgan fingerprint density at radius 1 is 1.04 bits per heavy atom. The Bertz CT molecular complexity index is 460. The van der Waals surface area contributed by atoms with Crippen LogP contribution in [-0.4, -0.2) is 18.3 Å². The maximum absolute atomic E-state index is 4.62. The van der Waals surface area contributed by atoms with E-state index in [1.807, 2.05) is 24.7 Å². The smallest absolute Gasteiger partial charge is 0.106 e. The van der Waals surface area contributed by atoms with Gasteiger partial charge in [-0.2, -0.15) is 0 Å². The molecule has 126 valence electrons. The lowest BCUT2D eigenvalue weighted by Crippen LogP contribution is -1.85. The highest BCUT2D eigenvalue weighted by Gasteiger charge is 1.92. The zero-order valence-corrected chi connectivity index (χ0v) is 14.5. The number of oxime groups is 1. The third-order valence-corrected chi connectivity index (χ3v) is 3.68. The molecule has 0 aliphatic heterocycles. The van der Waals surface area contributed by atoms with Crippen LogP contribution in [0.1, 0.15) is 69.8 Å². The summed E-state index contributed by atoms with van der Waals surface area (Å²) in [7, 11) is 1.58. The second-order valence-corrected chi connectivity index (χ2v) is 5.70. The van der Waals surface area contributed by atoms with Crippen molar-refractivity contribution >= 4 is 6.21 Å². The summed E-state index contributed by atoms with van der Waals surface area (Å²) in [6.45, 7) is 0. The Morgan fingerprint density at radius 3 is 2.52 bits per heavy atom. The number of hydrogen-bond acceptors (Lipinski definition) is 3. The number of unbranched alkanes of at least 4 members (excludes halogenated alkanes) is 8. The molecule has 0 radical (unpaired) electrons. The Labute approximate surface area is 141 Å². The van der Waals surface area contributed by atoms with E-state index in [9.17, 15) is 0 Å². The lowest BCUT2D eigenvalue weighted by molar-refractivity contribution is 0.214. The molecule has 1 aromatic heterocycles. The van der Waals surface area contributed by atoms with Crippen molar-refractivity contribution in [2.75, 3.05) is 7.11 Å². The molecule has 0 saturated carbocycles. The van der Waals surface area contributed by atoms with Gasteiger partial charge in [0.25, 0.3) is 0 Å². The molecule has 3 nitrogen and oxygen atoms in total. The van der Waals surface area contributed by atoms with Gasteiger partial charge in [0.1, 0.15) is 7.11 Å². The predicted molar refractivity (Wildman–Crippen MR) is 97.4 cm³/mol. The van der Waals surface area contributed by atoms with E-state index >= 15 is 0 Å². The molecule has 0 aliphatic carbocycles. The van der Waals surface area contributed by atoms with Crippen LogP contribution < -0.4 is 0 Å². The van der Waals surface area contributed by atoms with Gasteiger partial charge in [-0.1, -0.05) is 30.5 Å². The normalized spacial score (nSPS) is 10.5. The van der Waals surface area contributed by atoms with Crippen molar-refractivity contribution in [3.63, 3.8) is 0 Å². The van der Waals surface area contributed by atoms with Gasteiger partial charge >= 0.3 is 0 Å². The molecule has 0 aliphatic rings. The summed E-state index contributed by atoms with van der Waals surface area (Å²) in [6, 6.07) is 4.14. The standard InChI is InChI=1S/C20H30N2O/c1-23-22-18-13-11-9-7-5-3-2-4-6-8-10-12-15-20-16-14-17-21-19-20/h14,16-19H,2-3,5,7-13,15H2,1H3/b22-18+. The van der Waals surface area contributed by atoms with Crippen molar-refractivity contribution in [3.05, 3.63) is 30.1 Å². The van der Waals surface area contributed by atoms with Gasteiger partial charge in [0, 0.05) is 31.4 Å². The van der Waals surface area contributed by atoms with Crippen LogP contribution in [0.2, 0.25) is 0 Å². The molecule has 0 N–H and O–H groups in total. The SMILES string of the molecule is CO/N=C/CCCCCCCC#CCCCCc1cccnc1. The van der Waals surface area contributed by atoms with Crippen LogP contribution in [0.4, 0.5) is 0 Å². The van der Waals surface area contributed by atoms with Gasteiger partial charge in [-0.3, -0.25) is 4.98 Å². The van der Waals surface area contributed by atoms with Crippen LogP contribution in [0.5, 0.6) is 0 Å². The minimum Gasteiger partial charge on any atom is -0.399 e. The molecule has 1 heterocycles. The average Bonchev–Trinajstić information content (AvgIpc) is 2.59. The fourth-order valence-corrected chi connectivity index (χ4v) is 2.37. The van der Waals surface area contributed by atoms with E-state index in [2.05, 4.69) is 32.9 Å². The molecule has 0 unspecified atom stereocenters. The first kappa shape index (κ1) is 19.2. The number of rotatable bonds is 12. The number of pyridine rings is 1. The molecule has 0 fully saturated rings. The number of aromatic nitrogens is 1. The summed E-state index contributed by atoms with van der Waals surface area (Å²) >= 11 is 0. The van der Waals surface area contributed by atoms with Gasteiger partial charge in [0.2, 0.25) is 0 Å². The molecular formula is C20H30N2O. The monoisotopic (exact) mass is 314 g/mol. The van der Waals surface area contributed by atoms with Crippen molar-refractivity contribution in [2.45, 2.75) is 70.6 Å². The molecule has 0 saturated heterocycles. The second-order valence-electron chi connectivity index (χ2n) is 5.70. The lowest BCUT2D eigenvalue weighted by Gasteiger charge is -1.98. The fourth-order valence-electron chi connectivity index (χ4n) is 2.37. The van der Waals surface area contributed by atoms with E-state index in [1.54, 1.807) is 7.11 Å². The lowest BCUT2D eigenvalue weighted by atomic mass is 10.1. The number of hydrogen-bond donors (Lipinski definition) is 0. The molecular weight excluding hydrogens is 284 g/mol. The van der Waals surface area contributed by atoms with Crippen LogP contribution in [0.25, 0.3) is 0 Å². The zero-order valence-electron chi connectivity index (χ0n) is 14.5. The molecule has 0 bridgehead atoms. The molecule has 1 rings (SSSR count). The summed E-state index contributed by atoms with van der Waals surface area (Å²) in [5, 5.41) is 3.73. The highest BCUT2D eigenvalue weighted by Crippen LogP contribution is 2.07. The molecule has 0 atom stereocenters. The molecule has 0 aromatic carbocycles. The van der Waals surface area contributed by atoms with E-state index in [0.717, 1.165) is 25.7 Å². The van der Waals surface area contributed by atoms with Crippen LogP contribution in [0, 0.1) is 11.8 Å². The highest BCUT2D eigenvalue weighted by molar-refractivity contribution is 5.55. The van der Waals surface area contributed by atoms with Crippen molar-refractivity contribution in [3.8, 4) is 11.8 Å². The largest absolute Gasteiger partial charge is 0.399 e. The third kappa shape index (κ3) is 12.4. The molecule has 23 heavy (non-hydrogen) atoms. The molecule has 1 aromatic rings. The Kier molecular flexibility index (Phi) is 12.6. The van der Waals surface area contributed by atoms with Gasteiger partial charge in [0.05, 0.1) is 0 Å². The number of nitrogens with zero attached hydrogens (tertiary/aromatic N) is 2. The van der Waals surface area contributed by atoms with Crippen LogP contribution >= 0.6 is 0 Å². The Morgan fingerprint density at radius 2 is 1.78 bits per heavy atom. The summed E-state index contributed by atoms with van der Waals surface area (Å²) in [6.07, 6.45) is 18.5. The first-order chi connectivity index (χ1) is 11.4. The van der Waals surface area contributed by atoms with Gasteiger partial charge in [0.15, 0.2) is 0 Å². The number of aryl methyl sites for hydroxylation is 1. The predicted octanol–water partition coefficient (Wildman–Crippen LogP) is 5.16. The fraction of sp³-hybridized carbons (Fsp3) is 0.600. The summed E-state index contributed by atoms with van der Waals surface area (Å²) in [4.78, 5) is 8.76. The summed E-state index contributed by atoms with van der Waals surface area (Å²) in [5.74, 6) is 6.60. The quantitative estimate of drug-likeness (QED) is 0.231. The third-order valence-electron chi connectivity index (χ3n) is 3.68. The Hall–Kier alpha value is -1.82. The van der Waals surface area contributed by atoms with E-state index in [1.165, 1.54) is 50.5 Å². The van der Waals surface area contributed by atoms with Gasteiger partial charge < -0.3 is 4.84 Å². The zero-order chi connectivity index (χ0) is 16.4. The summed E-state index contributed by atoms with van der Waals surface area (Å²) in [5.41, 5.74) is 1.33. The minimum absolute atomic E-state index is 1.02. The molecule has 3 heteroatoms. The molecule has 0 amide bonds. The van der Waals surface area contributed by atoms with E-state index in [0.29, 0.717) is 0 Å². The van der Waals surface area contributed by atoms with E-state index < -0.39 is 0 Å². The van der Waals surface area contributed by atoms with Crippen molar-refractivity contribution < 1.29 is 4.84 Å². The average molecular weight is 314 g/mol. The van der Waals surface area contributed by atoms with Gasteiger partial charge in [-0.25, -0.2) is 0 Å². The van der Waals surface area contributed by atoms with Gasteiger partial charge in [-0.15, -0.1) is 11.8 Å². The molecule has 0 spiro atoms. The topological polar surface area (TPSA) is 34.5 Å². The van der Waals surface area contributed by atoms with Crippen LogP contribution in [0.3, 0.4) is 0 Å². The van der Waals surface area contributed by atoms with E-state index in [4.69, 9.17) is 0 Å². The first-order valence-corrected chi connectivity index (χ1v) is 8.83. The van der Waals surface area contributed by atoms with Gasteiger partial charge in [-0.05, 0) is 50.2 Å². The van der Waals surface area contributed by atoms with Crippen molar-refractivity contribution in [1.29, 1.82) is 0 Å². The first-order valence-electron chi connectivity index (χ1n) is 8.83. The van der Waals surface area contributed by atoms with Crippen molar-refractivity contribution in [1.82, 2.24) is 4.98 Å². The second kappa shape index (κ2) is 15.1. The maximum atomic E-state index is 4.62. The highest BCUT2D eigenvalue weighted by atomic mass is 16.6. The van der Waals surface area contributed by atoms with Crippen molar-refractivity contribution in [2.24, 2.45) is 5.16 Å². The minimum atomic E-state index is 1.02. The van der Waals surface area contributed by atoms with Crippen LogP contribution in [0.15, 0.2) is 29.7 Å².